The van der Waals surface area contributed by atoms with Crippen molar-refractivity contribution in [3.63, 3.8) is 0 Å². The number of allylic oxidation sites excluding steroid dienone is 10. The van der Waals surface area contributed by atoms with E-state index in [1.165, 1.54) is 39.4 Å². The van der Waals surface area contributed by atoms with Crippen LogP contribution in [0.4, 0.5) is 0 Å². The first-order valence-electron chi connectivity index (χ1n) is 13.4. The lowest BCUT2D eigenvalue weighted by atomic mass is 9.81. The summed E-state index contributed by atoms with van der Waals surface area (Å²) in [6.07, 6.45) is 21.8. The van der Waals surface area contributed by atoms with Crippen LogP contribution in [0.1, 0.15) is 57.4 Å². The van der Waals surface area contributed by atoms with Crippen molar-refractivity contribution in [3.05, 3.63) is 118 Å². The molecule has 3 unspecified atom stereocenters. The predicted molar refractivity (Wildman–Crippen MR) is 151 cm³/mol. The Labute approximate surface area is 220 Å². The predicted octanol–water partition coefficient (Wildman–Crippen LogP) is 7.98. The molecule has 0 radical (unpaired) electrons. The van der Waals surface area contributed by atoms with Gasteiger partial charge in [0.25, 0.3) is 0 Å². The molecule has 0 saturated carbocycles. The minimum absolute atomic E-state index is 0.378. The number of hydrogen-bond acceptors (Lipinski definition) is 4. The van der Waals surface area contributed by atoms with Crippen LogP contribution in [-0.4, -0.2) is 28.8 Å². The third-order valence-electron chi connectivity index (χ3n) is 7.94. The fourth-order valence-electron chi connectivity index (χ4n) is 6.04. The zero-order valence-electron chi connectivity index (χ0n) is 21.6. The van der Waals surface area contributed by atoms with Gasteiger partial charge in [0.15, 0.2) is 5.88 Å². The summed E-state index contributed by atoms with van der Waals surface area (Å²) in [4.78, 5) is 6.32. The van der Waals surface area contributed by atoms with Gasteiger partial charge in [-0.1, -0.05) is 73.3 Å². The van der Waals surface area contributed by atoms with E-state index < -0.39 is 0 Å². The van der Waals surface area contributed by atoms with E-state index in [0.29, 0.717) is 17.2 Å². The lowest BCUT2D eigenvalue weighted by Crippen LogP contribution is -2.27. The number of nitrogens with zero attached hydrogens (tertiary/aromatic N) is 2. The number of benzene rings is 1. The number of rotatable bonds is 4. The van der Waals surface area contributed by atoms with Gasteiger partial charge in [0.1, 0.15) is 5.76 Å². The highest BCUT2D eigenvalue weighted by Crippen LogP contribution is 2.45. The monoisotopic (exact) mass is 496 g/mol. The van der Waals surface area contributed by atoms with Crippen LogP contribution in [0, 0.1) is 5.92 Å². The van der Waals surface area contributed by atoms with Gasteiger partial charge in [-0.2, -0.15) is 0 Å². The van der Waals surface area contributed by atoms with Crippen LogP contribution in [0.2, 0.25) is 0 Å². The van der Waals surface area contributed by atoms with Crippen molar-refractivity contribution in [2.75, 3.05) is 13.6 Å². The SMILES string of the molecule is CCN1C2=C(C=CCC2)SC1/C=C1C=C(/C=C2\OC3=C(CC(C)C=C3)N2C)CC(c2ccccc2)C/1. The summed E-state index contributed by atoms with van der Waals surface area (Å²) in [6.45, 7) is 5.61. The maximum absolute atomic E-state index is 6.33. The van der Waals surface area contributed by atoms with E-state index >= 15 is 0 Å². The van der Waals surface area contributed by atoms with Crippen LogP contribution in [0.25, 0.3) is 0 Å². The molecule has 5 aliphatic rings. The first-order chi connectivity index (χ1) is 17.6. The van der Waals surface area contributed by atoms with Crippen molar-refractivity contribution in [2.24, 2.45) is 5.92 Å². The number of ether oxygens (including phenoxy) is 1. The molecule has 2 aliphatic heterocycles. The maximum Gasteiger partial charge on any atom is 0.200 e. The van der Waals surface area contributed by atoms with Crippen molar-refractivity contribution >= 4 is 11.8 Å². The Balaban J connectivity index is 1.31. The van der Waals surface area contributed by atoms with Crippen LogP contribution in [0.5, 0.6) is 0 Å². The molecule has 3 atom stereocenters. The van der Waals surface area contributed by atoms with E-state index in [0.717, 1.165) is 43.9 Å². The van der Waals surface area contributed by atoms with Gasteiger partial charge in [-0.3, -0.25) is 0 Å². The van der Waals surface area contributed by atoms with Crippen molar-refractivity contribution in [1.82, 2.24) is 9.80 Å². The van der Waals surface area contributed by atoms with Gasteiger partial charge in [0.2, 0.25) is 0 Å². The normalized spacial score (nSPS) is 29.8. The molecule has 0 spiro atoms. The molecule has 0 fully saturated rings. The topological polar surface area (TPSA) is 15.7 Å². The van der Waals surface area contributed by atoms with Crippen molar-refractivity contribution in [3.8, 4) is 0 Å². The second-order valence-corrected chi connectivity index (χ2v) is 11.7. The first-order valence-corrected chi connectivity index (χ1v) is 14.3. The summed E-state index contributed by atoms with van der Waals surface area (Å²) < 4.78 is 6.33. The molecule has 4 heteroatoms. The van der Waals surface area contributed by atoms with Gasteiger partial charge >= 0.3 is 0 Å². The van der Waals surface area contributed by atoms with Crippen molar-refractivity contribution < 1.29 is 4.74 Å². The van der Waals surface area contributed by atoms with E-state index in [1.807, 2.05) is 11.8 Å². The summed E-state index contributed by atoms with van der Waals surface area (Å²) in [5, 5.41) is 0.378. The van der Waals surface area contributed by atoms with Crippen LogP contribution in [-0.2, 0) is 4.74 Å². The molecular formula is C32H36N2OS. The quantitative estimate of drug-likeness (QED) is 0.420. The standard InChI is InChI=1S/C32H36N2OS/c1-4-34-27-12-8-9-13-30(27)36-32(34)21-24-17-23(18-26(19-24)25-10-6-5-7-11-25)20-31-33(3)28-16-22(2)14-15-29(28)35-31/h5-7,9-11,13-15,17,20-22,26,32H,4,8,12,16,18-19H2,1-3H3/b24-21-,31-20-. The molecule has 0 amide bonds. The Morgan fingerprint density at radius 3 is 2.78 bits per heavy atom. The van der Waals surface area contributed by atoms with Gasteiger partial charge in [-0.15, -0.1) is 0 Å². The maximum atomic E-state index is 6.33. The van der Waals surface area contributed by atoms with Gasteiger partial charge in [0.05, 0.1) is 11.1 Å². The Hall–Kier alpha value is -2.85. The zero-order chi connectivity index (χ0) is 24.6. The fourth-order valence-corrected chi connectivity index (χ4v) is 7.47. The van der Waals surface area contributed by atoms with E-state index in [1.54, 1.807) is 0 Å². The third-order valence-corrected chi connectivity index (χ3v) is 9.20. The molecule has 0 bridgehead atoms. The number of thioether (sulfide) groups is 1. The average Bonchev–Trinajstić information content (AvgIpc) is 3.40. The lowest BCUT2D eigenvalue weighted by molar-refractivity contribution is 0.273. The Morgan fingerprint density at radius 1 is 1.08 bits per heavy atom. The van der Waals surface area contributed by atoms with Crippen molar-refractivity contribution in [2.45, 2.75) is 57.2 Å². The van der Waals surface area contributed by atoms with Crippen LogP contribution in [0.15, 0.2) is 112 Å². The van der Waals surface area contributed by atoms with Gasteiger partial charge < -0.3 is 14.5 Å². The van der Waals surface area contributed by atoms with Crippen molar-refractivity contribution in [1.29, 1.82) is 0 Å². The Morgan fingerprint density at radius 2 is 1.94 bits per heavy atom. The number of hydrogen-bond donors (Lipinski definition) is 0. The third kappa shape index (κ3) is 4.52. The minimum Gasteiger partial charge on any atom is -0.439 e. The van der Waals surface area contributed by atoms with Crippen LogP contribution >= 0.6 is 11.8 Å². The summed E-state index contributed by atoms with van der Waals surface area (Å²) in [5.74, 6) is 3.00. The second kappa shape index (κ2) is 9.89. The summed E-state index contributed by atoms with van der Waals surface area (Å²) >= 11 is 2.02. The smallest absolute Gasteiger partial charge is 0.200 e. The van der Waals surface area contributed by atoms with Crippen LogP contribution < -0.4 is 0 Å². The first kappa shape index (κ1) is 23.5. The summed E-state index contributed by atoms with van der Waals surface area (Å²) in [6, 6.07) is 11.0. The molecule has 2 heterocycles. The molecule has 0 aromatic heterocycles. The summed E-state index contributed by atoms with van der Waals surface area (Å²) in [5.41, 5.74) is 7.05. The average molecular weight is 497 g/mol. The highest BCUT2D eigenvalue weighted by molar-refractivity contribution is 8.04. The molecule has 3 aliphatic carbocycles. The Bertz CT molecular complexity index is 1250. The van der Waals surface area contributed by atoms with E-state index in [-0.39, 0.29) is 0 Å². The molecule has 186 valence electrons. The second-order valence-electron chi connectivity index (χ2n) is 10.5. The Kier molecular flexibility index (Phi) is 6.47. The lowest BCUT2D eigenvalue weighted by Gasteiger charge is -2.29. The zero-order valence-corrected chi connectivity index (χ0v) is 22.4. The molecule has 1 aromatic carbocycles. The summed E-state index contributed by atoms with van der Waals surface area (Å²) in [7, 11) is 2.15. The highest BCUT2D eigenvalue weighted by Gasteiger charge is 2.32. The minimum atomic E-state index is 0.378. The molecular weight excluding hydrogens is 460 g/mol. The molecule has 0 N–H and O–H groups in total. The van der Waals surface area contributed by atoms with E-state index in [9.17, 15) is 0 Å². The molecule has 36 heavy (non-hydrogen) atoms. The van der Waals surface area contributed by atoms with Gasteiger partial charge in [-0.25, -0.2) is 0 Å². The number of likely N-dealkylation sites (N-methyl/N-ethyl adjacent to an activating group) is 1. The van der Waals surface area contributed by atoms with Gasteiger partial charge in [-0.05, 0) is 79.7 Å². The van der Waals surface area contributed by atoms with E-state index in [2.05, 4.69) is 104 Å². The van der Waals surface area contributed by atoms with Crippen LogP contribution in [0.3, 0.4) is 0 Å². The molecule has 1 aromatic rings. The largest absolute Gasteiger partial charge is 0.439 e. The van der Waals surface area contributed by atoms with Gasteiger partial charge in [0, 0.05) is 30.3 Å². The van der Waals surface area contributed by atoms with E-state index in [4.69, 9.17) is 4.74 Å². The molecule has 3 nitrogen and oxygen atoms in total. The molecule has 6 rings (SSSR count). The highest BCUT2D eigenvalue weighted by atomic mass is 32.2. The fraction of sp³-hybridized carbons (Fsp3) is 0.375. The molecule has 0 saturated heterocycles.